The lowest BCUT2D eigenvalue weighted by molar-refractivity contribution is -0.137. The summed E-state index contributed by atoms with van der Waals surface area (Å²) in [5.74, 6) is -0.695. The van der Waals surface area contributed by atoms with E-state index in [-0.39, 0.29) is 0 Å². The first-order chi connectivity index (χ1) is 5.77. The Morgan fingerprint density at radius 2 is 1.92 bits per heavy atom. The molecule has 12 heavy (non-hydrogen) atoms. The summed E-state index contributed by atoms with van der Waals surface area (Å²) in [4.78, 5) is 10.1. The number of carboxylic acids is 1. The molecule has 0 amide bonds. The Morgan fingerprint density at radius 1 is 1.25 bits per heavy atom. The van der Waals surface area contributed by atoms with Crippen LogP contribution in [0.1, 0.15) is 39.0 Å². The van der Waals surface area contributed by atoms with Crippen LogP contribution in [0.5, 0.6) is 0 Å². The number of ether oxygens (including phenoxy) is 1. The van der Waals surface area contributed by atoms with Crippen molar-refractivity contribution in [3.05, 3.63) is 0 Å². The summed E-state index contributed by atoms with van der Waals surface area (Å²) in [6.07, 6.45) is 4.22. The summed E-state index contributed by atoms with van der Waals surface area (Å²) in [6.45, 7) is 3.56. The molecule has 0 rings (SSSR count). The molecule has 0 bridgehead atoms. The lowest BCUT2D eigenvalue weighted by atomic mass is 10.1. The third-order valence-corrected chi connectivity index (χ3v) is 1.63. The van der Waals surface area contributed by atoms with Gasteiger partial charge in [0.05, 0.1) is 0 Å². The van der Waals surface area contributed by atoms with Crippen LogP contribution in [0.2, 0.25) is 0 Å². The van der Waals surface area contributed by atoms with Gasteiger partial charge in [-0.2, -0.15) is 0 Å². The fraction of sp³-hybridized carbons (Fsp3) is 0.889. The van der Waals surface area contributed by atoms with Gasteiger partial charge >= 0.3 is 5.97 Å². The van der Waals surface area contributed by atoms with E-state index < -0.39 is 5.97 Å². The van der Waals surface area contributed by atoms with E-state index in [1.807, 2.05) is 6.92 Å². The van der Waals surface area contributed by atoms with Crippen LogP contribution in [0.25, 0.3) is 0 Å². The third kappa shape index (κ3) is 9.43. The summed E-state index contributed by atoms with van der Waals surface area (Å²) in [7, 11) is 0. The number of carboxylic acid groups (broad SMARTS) is 1. The first kappa shape index (κ1) is 11.4. The van der Waals surface area contributed by atoms with Gasteiger partial charge in [-0.05, 0) is 19.8 Å². The van der Waals surface area contributed by atoms with E-state index in [9.17, 15) is 4.79 Å². The Labute approximate surface area is 73.7 Å². The highest BCUT2D eigenvalue weighted by atomic mass is 16.5. The topological polar surface area (TPSA) is 46.5 Å². The third-order valence-electron chi connectivity index (χ3n) is 1.63. The van der Waals surface area contributed by atoms with Crippen LogP contribution in [0.4, 0.5) is 0 Å². The second-order valence-corrected chi connectivity index (χ2v) is 2.75. The molecule has 0 unspecified atom stereocenters. The smallest absolute Gasteiger partial charge is 0.303 e. The molecular formula is C9H18O3. The van der Waals surface area contributed by atoms with Gasteiger partial charge in [-0.25, -0.2) is 0 Å². The quantitative estimate of drug-likeness (QED) is 0.573. The van der Waals surface area contributed by atoms with Crippen molar-refractivity contribution in [2.45, 2.75) is 39.0 Å². The van der Waals surface area contributed by atoms with Crippen molar-refractivity contribution < 1.29 is 14.6 Å². The Balaban J connectivity index is 2.86. The highest BCUT2D eigenvalue weighted by Gasteiger charge is 1.95. The number of rotatable bonds is 8. The summed E-state index contributed by atoms with van der Waals surface area (Å²) in [5, 5.41) is 8.33. The molecule has 0 spiro atoms. The first-order valence-electron chi connectivity index (χ1n) is 4.57. The second kappa shape index (κ2) is 8.53. The van der Waals surface area contributed by atoms with E-state index in [1.54, 1.807) is 0 Å². The average molecular weight is 174 g/mol. The monoisotopic (exact) mass is 174 g/mol. The molecule has 3 nitrogen and oxygen atoms in total. The molecular weight excluding hydrogens is 156 g/mol. The molecule has 0 radical (unpaired) electrons. The van der Waals surface area contributed by atoms with Crippen LogP contribution >= 0.6 is 0 Å². The van der Waals surface area contributed by atoms with Crippen LogP contribution in [-0.4, -0.2) is 24.3 Å². The molecule has 0 heterocycles. The first-order valence-corrected chi connectivity index (χ1v) is 4.57. The maximum Gasteiger partial charge on any atom is 0.303 e. The van der Waals surface area contributed by atoms with Crippen LogP contribution in [0.3, 0.4) is 0 Å². The number of unbranched alkanes of at least 4 members (excludes halogenated alkanes) is 3. The predicted octanol–water partition coefficient (Wildman–Crippen LogP) is 2.06. The summed E-state index contributed by atoms with van der Waals surface area (Å²) >= 11 is 0. The van der Waals surface area contributed by atoms with Crippen molar-refractivity contribution in [3.8, 4) is 0 Å². The van der Waals surface area contributed by atoms with Crippen molar-refractivity contribution in [2.24, 2.45) is 0 Å². The normalized spacial score (nSPS) is 10.1. The minimum atomic E-state index is -0.695. The van der Waals surface area contributed by atoms with Gasteiger partial charge in [0.1, 0.15) is 0 Å². The highest BCUT2D eigenvalue weighted by molar-refractivity contribution is 5.66. The van der Waals surface area contributed by atoms with Crippen LogP contribution in [0, 0.1) is 0 Å². The van der Waals surface area contributed by atoms with Crippen molar-refractivity contribution in [1.82, 2.24) is 0 Å². The Bertz CT molecular complexity index is 112. The second-order valence-electron chi connectivity index (χ2n) is 2.75. The maximum atomic E-state index is 10.1. The molecule has 0 aliphatic heterocycles. The maximum absolute atomic E-state index is 10.1. The molecule has 0 saturated carbocycles. The summed E-state index contributed by atoms with van der Waals surface area (Å²) in [6, 6.07) is 0. The predicted molar refractivity (Wildman–Crippen MR) is 47.2 cm³/mol. The number of carbonyl (C=O) groups is 1. The molecule has 0 saturated heterocycles. The van der Waals surface area contributed by atoms with E-state index >= 15 is 0 Å². The van der Waals surface area contributed by atoms with Crippen molar-refractivity contribution in [3.63, 3.8) is 0 Å². The van der Waals surface area contributed by atoms with E-state index in [0.717, 1.165) is 38.9 Å². The number of hydrogen-bond donors (Lipinski definition) is 1. The van der Waals surface area contributed by atoms with E-state index in [0.29, 0.717) is 6.42 Å². The van der Waals surface area contributed by atoms with Gasteiger partial charge in [0.15, 0.2) is 0 Å². The molecule has 0 aromatic carbocycles. The van der Waals surface area contributed by atoms with Gasteiger partial charge in [-0.3, -0.25) is 4.79 Å². The Kier molecular flexibility index (Phi) is 8.12. The van der Waals surface area contributed by atoms with Gasteiger partial charge in [-0.15, -0.1) is 0 Å². The molecule has 0 atom stereocenters. The van der Waals surface area contributed by atoms with Gasteiger partial charge in [0.2, 0.25) is 0 Å². The van der Waals surface area contributed by atoms with Crippen LogP contribution in [0.15, 0.2) is 0 Å². The molecule has 72 valence electrons. The average Bonchev–Trinajstić information content (AvgIpc) is 2.02. The van der Waals surface area contributed by atoms with Crippen molar-refractivity contribution in [2.75, 3.05) is 13.2 Å². The van der Waals surface area contributed by atoms with Crippen molar-refractivity contribution >= 4 is 5.97 Å². The molecule has 0 aromatic rings. The zero-order valence-electron chi connectivity index (χ0n) is 7.71. The SMILES string of the molecule is CCOCCCCCCC(=O)O. The fourth-order valence-corrected chi connectivity index (χ4v) is 0.978. The minimum Gasteiger partial charge on any atom is -0.481 e. The lowest BCUT2D eigenvalue weighted by Crippen LogP contribution is -1.95. The molecule has 0 aromatic heterocycles. The zero-order valence-corrected chi connectivity index (χ0v) is 7.71. The number of aliphatic carboxylic acids is 1. The Hall–Kier alpha value is -0.570. The summed E-state index contributed by atoms with van der Waals surface area (Å²) < 4.78 is 5.14. The number of hydrogen-bond acceptors (Lipinski definition) is 2. The van der Waals surface area contributed by atoms with Crippen LogP contribution < -0.4 is 0 Å². The zero-order chi connectivity index (χ0) is 9.23. The van der Waals surface area contributed by atoms with Gasteiger partial charge in [-0.1, -0.05) is 12.8 Å². The molecule has 1 N–H and O–H groups in total. The largest absolute Gasteiger partial charge is 0.481 e. The minimum absolute atomic E-state index is 0.300. The fourth-order valence-electron chi connectivity index (χ4n) is 0.978. The molecule has 3 heteroatoms. The Morgan fingerprint density at radius 3 is 2.50 bits per heavy atom. The van der Waals surface area contributed by atoms with E-state index in [4.69, 9.17) is 9.84 Å². The standard InChI is InChI=1S/C9H18O3/c1-2-12-8-6-4-3-5-7-9(10)11/h2-8H2,1H3,(H,10,11). The highest BCUT2D eigenvalue weighted by Crippen LogP contribution is 2.02. The van der Waals surface area contributed by atoms with Crippen molar-refractivity contribution in [1.29, 1.82) is 0 Å². The lowest BCUT2D eigenvalue weighted by Gasteiger charge is -1.99. The van der Waals surface area contributed by atoms with Gasteiger partial charge in [0.25, 0.3) is 0 Å². The molecule has 0 fully saturated rings. The van der Waals surface area contributed by atoms with Crippen LogP contribution in [-0.2, 0) is 9.53 Å². The summed E-state index contributed by atoms with van der Waals surface area (Å²) in [5.41, 5.74) is 0. The van der Waals surface area contributed by atoms with E-state index in [2.05, 4.69) is 0 Å². The molecule has 0 aliphatic carbocycles. The van der Waals surface area contributed by atoms with E-state index in [1.165, 1.54) is 0 Å². The molecule has 0 aliphatic rings. The van der Waals surface area contributed by atoms with Gasteiger partial charge in [0, 0.05) is 19.6 Å². The van der Waals surface area contributed by atoms with Gasteiger partial charge < -0.3 is 9.84 Å².